The molecule has 1 fully saturated rings. The van der Waals surface area contributed by atoms with Crippen LogP contribution < -0.4 is 4.72 Å². The number of hydrogen-bond donors (Lipinski definition) is 1. The molecule has 1 unspecified atom stereocenters. The van der Waals surface area contributed by atoms with Crippen molar-refractivity contribution in [3.63, 3.8) is 0 Å². The Hall–Kier alpha value is 0.160. The largest absolute Gasteiger partial charge is 0.279 e. The molecule has 4 nitrogen and oxygen atoms in total. The van der Waals surface area contributed by atoms with Crippen molar-refractivity contribution in [2.45, 2.75) is 39.0 Å². The third-order valence-corrected chi connectivity index (χ3v) is 4.90. The molecular formula is C11H23ClN2O2S. The predicted molar refractivity (Wildman–Crippen MR) is 71.5 cm³/mol. The Kier molecular flexibility index (Phi) is 6.77. The number of piperidine rings is 1. The summed E-state index contributed by atoms with van der Waals surface area (Å²) in [7, 11) is -3.25. The number of halogens is 1. The first-order valence-electron chi connectivity index (χ1n) is 6.37. The maximum Gasteiger partial charge on any atom is 0.279 e. The fourth-order valence-corrected chi connectivity index (χ4v) is 3.65. The highest BCUT2D eigenvalue weighted by Crippen LogP contribution is 2.17. The fourth-order valence-electron chi connectivity index (χ4n) is 2.05. The zero-order valence-electron chi connectivity index (χ0n) is 10.5. The van der Waals surface area contributed by atoms with Crippen molar-refractivity contribution in [2.75, 3.05) is 25.5 Å². The Balaban J connectivity index is 2.29. The van der Waals surface area contributed by atoms with Gasteiger partial charge in [-0.25, -0.2) is 4.72 Å². The van der Waals surface area contributed by atoms with Gasteiger partial charge in [0.25, 0.3) is 10.2 Å². The number of nitrogens with one attached hydrogen (secondary N) is 1. The molecular weight excluding hydrogens is 260 g/mol. The van der Waals surface area contributed by atoms with Gasteiger partial charge in [-0.3, -0.25) is 0 Å². The van der Waals surface area contributed by atoms with Crippen molar-refractivity contribution in [2.24, 2.45) is 5.92 Å². The lowest BCUT2D eigenvalue weighted by Gasteiger charge is -2.29. The lowest BCUT2D eigenvalue weighted by Crippen LogP contribution is -2.45. The summed E-state index contributed by atoms with van der Waals surface area (Å²) in [4.78, 5) is 0. The third-order valence-electron chi connectivity index (χ3n) is 3.05. The smallest absolute Gasteiger partial charge is 0.202 e. The third kappa shape index (κ3) is 5.55. The number of rotatable bonds is 7. The Morgan fingerprint density at radius 3 is 2.76 bits per heavy atom. The van der Waals surface area contributed by atoms with Gasteiger partial charge >= 0.3 is 0 Å². The van der Waals surface area contributed by atoms with Crippen LogP contribution in [-0.2, 0) is 10.2 Å². The average Bonchev–Trinajstić information content (AvgIpc) is 2.29. The topological polar surface area (TPSA) is 49.4 Å². The van der Waals surface area contributed by atoms with Crippen molar-refractivity contribution >= 4 is 21.8 Å². The maximum absolute atomic E-state index is 12.0. The van der Waals surface area contributed by atoms with Crippen LogP contribution in [0, 0.1) is 5.92 Å². The maximum atomic E-state index is 12.0. The molecule has 0 radical (unpaired) electrons. The first kappa shape index (κ1) is 15.2. The average molecular weight is 283 g/mol. The zero-order valence-corrected chi connectivity index (χ0v) is 12.1. The van der Waals surface area contributed by atoms with E-state index in [2.05, 4.69) is 11.6 Å². The SMILES string of the molecule is CC1CCCN(S(=O)(=O)NCCCCCCl)C1. The highest BCUT2D eigenvalue weighted by atomic mass is 35.5. The van der Waals surface area contributed by atoms with Crippen LogP contribution in [0.2, 0.25) is 0 Å². The molecule has 1 heterocycles. The summed E-state index contributed by atoms with van der Waals surface area (Å²) in [5.41, 5.74) is 0. The zero-order chi connectivity index (χ0) is 12.7. The fraction of sp³-hybridized carbons (Fsp3) is 1.00. The quantitative estimate of drug-likeness (QED) is 0.573. The van der Waals surface area contributed by atoms with Crippen molar-refractivity contribution in [1.82, 2.24) is 9.03 Å². The Labute approximate surface area is 110 Å². The van der Waals surface area contributed by atoms with Crippen LogP contribution in [0.25, 0.3) is 0 Å². The van der Waals surface area contributed by atoms with Gasteiger partial charge in [0.05, 0.1) is 0 Å². The summed E-state index contributed by atoms with van der Waals surface area (Å²) >= 11 is 5.56. The molecule has 0 aliphatic carbocycles. The summed E-state index contributed by atoms with van der Waals surface area (Å²) in [6.07, 6.45) is 4.87. The van der Waals surface area contributed by atoms with Crippen molar-refractivity contribution in [3.05, 3.63) is 0 Å². The molecule has 0 aromatic rings. The van der Waals surface area contributed by atoms with Crippen LogP contribution in [0.5, 0.6) is 0 Å². The van der Waals surface area contributed by atoms with Gasteiger partial charge in [0, 0.05) is 25.5 Å². The Morgan fingerprint density at radius 1 is 1.35 bits per heavy atom. The van der Waals surface area contributed by atoms with Crippen molar-refractivity contribution < 1.29 is 8.42 Å². The van der Waals surface area contributed by atoms with E-state index in [0.29, 0.717) is 31.4 Å². The minimum Gasteiger partial charge on any atom is -0.202 e. The van der Waals surface area contributed by atoms with E-state index in [1.807, 2.05) is 0 Å². The second kappa shape index (κ2) is 7.56. The summed E-state index contributed by atoms with van der Waals surface area (Å²) in [6.45, 7) is 3.92. The number of unbranched alkanes of at least 4 members (excludes halogenated alkanes) is 2. The molecule has 0 aromatic carbocycles. The monoisotopic (exact) mass is 282 g/mol. The van der Waals surface area contributed by atoms with E-state index in [1.54, 1.807) is 4.31 Å². The van der Waals surface area contributed by atoms with Crippen molar-refractivity contribution in [3.8, 4) is 0 Å². The van der Waals surface area contributed by atoms with E-state index in [-0.39, 0.29) is 0 Å². The van der Waals surface area contributed by atoms with E-state index < -0.39 is 10.2 Å². The van der Waals surface area contributed by atoms with Gasteiger partial charge < -0.3 is 0 Å². The van der Waals surface area contributed by atoms with Gasteiger partial charge in [-0.1, -0.05) is 13.3 Å². The first-order chi connectivity index (χ1) is 8.06. The van der Waals surface area contributed by atoms with Crippen LogP contribution in [0.15, 0.2) is 0 Å². The molecule has 6 heteroatoms. The molecule has 1 aliphatic rings. The van der Waals surface area contributed by atoms with E-state index in [0.717, 1.165) is 32.1 Å². The van der Waals surface area contributed by atoms with Gasteiger partial charge in [-0.2, -0.15) is 12.7 Å². The number of alkyl halides is 1. The van der Waals surface area contributed by atoms with Crippen LogP contribution in [-0.4, -0.2) is 38.2 Å². The second-order valence-electron chi connectivity index (χ2n) is 4.75. The minimum absolute atomic E-state index is 0.469. The van der Waals surface area contributed by atoms with Crippen LogP contribution in [0.1, 0.15) is 39.0 Å². The Morgan fingerprint density at radius 2 is 2.12 bits per heavy atom. The summed E-state index contributed by atoms with van der Waals surface area (Å²) in [6, 6.07) is 0. The molecule has 1 aliphatic heterocycles. The van der Waals surface area contributed by atoms with Crippen LogP contribution in [0.3, 0.4) is 0 Å². The standard InChI is InChI=1S/C11H23ClN2O2S/c1-11-6-5-9-14(10-11)17(15,16)13-8-4-2-3-7-12/h11,13H,2-10H2,1H3. The van der Waals surface area contributed by atoms with Gasteiger partial charge in [0.1, 0.15) is 0 Å². The van der Waals surface area contributed by atoms with Gasteiger partial charge in [-0.15, -0.1) is 11.6 Å². The summed E-state index contributed by atoms with van der Waals surface area (Å²) < 4.78 is 28.1. The van der Waals surface area contributed by atoms with Crippen LogP contribution >= 0.6 is 11.6 Å². The molecule has 17 heavy (non-hydrogen) atoms. The molecule has 0 aromatic heterocycles. The van der Waals surface area contributed by atoms with Gasteiger partial charge in [0.2, 0.25) is 0 Å². The van der Waals surface area contributed by atoms with Crippen molar-refractivity contribution in [1.29, 1.82) is 0 Å². The lowest BCUT2D eigenvalue weighted by molar-refractivity contribution is 0.278. The molecule has 0 amide bonds. The van der Waals surface area contributed by atoms with E-state index >= 15 is 0 Å². The molecule has 1 atom stereocenters. The summed E-state index contributed by atoms with van der Waals surface area (Å²) in [5, 5.41) is 0. The molecule has 0 saturated carbocycles. The molecule has 0 spiro atoms. The normalized spacial score (nSPS) is 22.8. The number of hydrogen-bond acceptors (Lipinski definition) is 2. The van der Waals surface area contributed by atoms with E-state index in [4.69, 9.17) is 11.6 Å². The summed E-state index contributed by atoms with van der Waals surface area (Å²) in [5.74, 6) is 1.12. The van der Waals surface area contributed by atoms with E-state index in [1.165, 1.54) is 0 Å². The molecule has 0 bridgehead atoms. The molecule has 1 rings (SSSR count). The highest BCUT2D eigenvalue weighted by Gasteiger charge is 2.26. The van der Waals surface area contributed by atoms with Gasteiger partial charge in [-0.05, 0) is 31.6 Å². The highest BCUT2D eigenvalue weighted by molar-refractivity contribution is 7.87. The predicted octanol–water partition coefficient (Wildman–Crippen LogP) is 1.96. The molecule has 1 saturated heterocycles. The second-order valence-corrected chi connectivity index (χ2v) is 6.89. The lowest BCUT2D eigenvalue weighted by atomic mass is 10.0. The minimum atomic E-state index is -3.25. The number of nitrogens with zero attached hydrogens (tertiary/aromatic N) is 1. The molecule has 102 valence electrons. The molecule has 1 N–H and O–H groups in total. The van der Waals surface area contributed by atoms with E-state index in [9.17, 15) is 8.42 Å². The van der Waals surface area contributed by atoms with Gasteiger partial charge in [0.15, 0.2) is 0 Å². The Bertz CT molecular complexity index is 309. The first-order valence-corrected chi connectivity index (χ1v) is 8.34. The van der Waals surface area contributed by atoms with Crippen LogP contribution in [0.4, 0.5) is 0 Å².